The van der Waals surface area contributed by atoms with Gasteiger partial charge in [0, 0.05) is 45.0 Å². The van der Waals surface area contributed by atoms with E-state index in [4.69, 9.17) is 4.74 Å². The van der Waals surface area contributed by atoms with Gasteiger partial charge in [-0.1, -0.05) is 12.2 Å². The molecule has 1 aliphatic carbocycles. The van der Waals surface area contributed by atoms with Crippen LogP contribution < -0.4 is 5.32 Å². The van der Waals surface area contributed by atoms with Gasteiger partial charge in [0.2, 0.25) is 5.91 Å². The largest absolute Gasteiger partial charge is 0.364 e. The van der Waals surface area contributed by atoms with Crippen molar-refractivity contribution in [3.8, 4) is 0 Å². The van der Waals surface area contributed by atoms with Gasteiger partial charge in [-0.05, 0) is 18.7 Å². The number of aromatic nitrogens is 3. The first-order valence-corrected chi connectivity index (χ1v) is 9.09. The number of anilines is 1. The fraction of sp³-hybridized carbons (Fsp3) is 0.421. The van der Waals surface area contributed by atoms with Crippen molar-refractivity contribution in [2.24, 2.45) is 0 Å². The first-order valence-electron chi connectivity index (χ1n) is 9.09. The average Bonchev–Trinajstić information content (AvgIpc) is 3.07. The minimum Gasteiger partial charge on any atom is -0.364 e. The zero-order valence-corrected chi connectivity index (χ0v) is 15.6. The number of H-pyrrole nitrogens is 1. The van der Waals surface area contributed by atoms with Gasteiger partial charge in [-0.2, -0.15) is 0 Å². The number of fused-ring (bicyclic) bond motifs is 2. The monoisotopic (exact) mass is 368 g/mol. The van der Waals surface area contributed by atoms with E-state index in [1.807, 2.05) is 38.5 Å². The topological polar surface area (TPSA) is 86.4 Å². The number of carbonyl (C=O) groups is 1. The molecular weight excluding hydrogens is 344 g/mol. The van der Waals surface area contributed by atoms with Crippen molar-refractivity contribution < 1.29 is 9.53 Å². The Bertz CT molecular complexity index is 903. The van der Waals surface area contributed by atoms with Gasteiger partial charge in [-0.15, -0.1) is 0 Å². The molecule has 4 rings (SSSR count). The molecule has 142 valence electrons. The quantitative estimate of drug-likeness (QED) is 0.733. The summed E-state index contributed by atoms with van der Waals surface area (Å²) < 4.78 is 5.81. The number of rotatable bonds is 0. The first kappa shape index (κ1) is 17.7. The molecule has 2 aliphatic rings. The predicted octanol–water partition coefficient (Wildman–Crippen LogP) is 1.50. The van der Waals surface area contributed by atoms with Crippen LogP contribution in [-0.4, -0.2) is 70.6 Å². The van der Waals surface area contributed by atoms with Gasteiger partial charge < -0.3 is 24.8 Å². The summed E-state index contributed by atoms with van der Waals surface area (Å²) in [5.74, 6) is 0.780. The zero-order chi connectivity index (χ0) is 18.8. The fourth-order valence-corrected chi connectivity index (χ4v) is 3.36. The summed E-state index contributed by atoms with van der Waals surface area (Å²) in [7, 11) is 3.86. The Morgan fingerprint density at radius 3 is 3.04 bits per heavy atom. The Balaban J connectivity index is 1.69. The summed E-state index contributed by atoms with van der Waals surface area (Å²) in [6, 6.07) is 0. The van der Waals surface area contributed by atoms with Crippen molar-refractivity contribution in [1.82, 2.24) is 24.8 Å². The molecule has 1 unspecified atom stereocenters. The number of likely N-dealkylation sites (N-methyl/N-ethyl adjacent to an activating group) is 2. The lowest BCUT2D eigenvalue weighted by Gasteiger charge is -2.23. The van der Waals surface area contributed by atoms with E-state index in [9.17, 15) is 4.79 Å². The van der Waals surface area contributed by atoms with Crippen LogP contribution >= 0.6 is 0 Å². The second-order valence-electron chi connectivity index (χ2n) is 7.07. The van der Waals surface area contributed by atoms with E-state index in [1.165, 1.54) is 0 Å². The SMILES string of the molecule is CN1CCN(C)C(=O)COC2C=CC=C(C2)Nc2ncnc3[nH]cc(c23)C1. The van der Waals surface area contributed by atoms with Crippen molar-refractivity contribution in [3.63, 3.8) is 0 Å². The number of nitrogens with zero attached hydrogens (tertiary/aromatic N) is 4. The van der Waals surface area contributed by atoms with E-state index in [0.29, 0.717) is 13.0 Å². The summed E-state index contributed by atoms with van der Waals surface area (Å²) >= 11 is 0. The summed E-state index contributed by atoms with van der Waals surface area (Å²) in [6.07, 6.45) is 10.0. The van der Waals surface area contributed by atoms with Gasteiger partial charge in [-0.25, -0.2) is 9.97 Å². The Hall–Kier alpha value is -2.71. The maximum atomic E-state index is 12.3. The lowest BCUT2D eigenvalue weighted by Crippen LogP contribution is -2.37. The number of nitrogens with one attached hydrogen (secondary N) is 2. The van der Waals surface area contributed by atoms with Gasteiger partial charge >= 0.3 is 0 Å². The Labute approximate surface area is 157 Å². The fourth-order valence-electron chi connectivity index (χ4n) is 3.36. The number of hydrogen-bond acceptors (Lipinski definition) is 6. The maximum absolute atomic E-state index is 12.3. The molecule has 1 atom stereocenters. The molecule has 8 nitrogen and oxygen atoms in total. The van der Waals surface area contributed by atoms with Gasteiger partial charge in [0.25, 0.3) is 0 Å². The van der Waals surface area contributed by atoms with Crippen molar-refractivity contribution in [1.29, 1.82) is 0 Å². The van der Waals surface area contributed by atoms with Crippen LogP contribution in [0, 0.1) is 0 Å². The minimum atomic E-state index is -0.134. The molecule has 1 amide bonds. The van der Waals surface area contributed by atoms with E-state index in [-0.39, 0.29) is 18.6 Å². The molecule has 3 heterocycles. The summed E-state index contributed by atoms with van der Waals surface area (Å²) in [6.45, 7) is 2.23. The molecule has 0 radical (unpaired) electrons. The molecule has 27 heavy (non-hydrogen) atoms. The van der Waals surface area contributed by atoms with Crippen molar-refractivity contribution in [3.05, 3.63) is 42.0 Å². The predicted molar refractivity (Wildman–Crippen MR) is 103 cm³/mol. The Kier molecular flexibility index (Phi) is 4.91. The summed E-state index contributed by atoms with van der Waals surface area (Å²) in [5.41, 5.74) is 2.94. The lowest BCUT2D eigenvalue weighted by molar-refractivity contribution is -0.136. The van der Waals surface area contributed by atoms with E-state index in [2.05, 4.69) is 25.2 Å². The van der Waals surface area contributed by atoms with Crippen molar-refractivity contribution in [2.75, 3.05) is 39.1 Å². The zero-order valence-electron chi connectivity index (χ0n) is 15.6. The number of ether oxygens (including phenoxy) is 1. The highest BCUT2D eigenvalue weighted by atomic mass is 16.5. The molecule has 0 spiro atoms. The second-order valence-corrected chi connectivity index (χ2v) is 7.07. The third-order valence-corrected chi connectivity index (χ3v) is 4.98. The third kappa shape index (κ3) is 3.86. The molecule has 2 bridgehead atoms. The molecule has 1 aliphatic heterocycles. The van der Waals surface area contributed by atoms with E-state index in [1.54, 1.807) is 11.2 Å². The second kappa shape index (κ2) is 7.50. The van der Waals surface area contributed by atoms with Gasteiger partial charge in [0.15, 0.2) is 0 Å². The van der Waals surface area contributed by atoms with E-state index < -0.39 is 0 Å². The van der Waals surface area contributed by atoms with Crippen LogP contribution in [0.1, 0.15) is 12.0 Å². The standard InChI is InChI=1S/C19H24N6O2/c1-24-6-7-25(2)16(26)11-27-15-5-3-4-14(8-15)23-19-17-13(10-24)9-20-18(17)21-12-22-19/h3-5,9,12,15H,6-8,10-11H2,1-2H3,(H2,20,21,22,23). The summed E-state index contributed by atoms with van der Waals surface area (Å²) in [4.78, 5) is 28.3. The van der Waals surface area contributed by atoms with Crippen molar-refractivity contribution >= 4 is 22.8 Å². The molecule has 0 saturated heterocycles. The molecular formula is C19H24N6O2. The Morgan fingerprint density at radius 2 is 2.15 bits per heavy atom. The lowest BCUT2D eigenvalue weighted by atomic mass is 10.1. The van der Waals surface area contributed by atoms with Gasteiger partial charge in [0.05, 0.1) is 11.5 Å². The number of hydrogen-bond donors (Lipinski definition) is 2. The Morgan fingerprint density at radius 1 is 1.26 bits per heavy atom. The van der Waals surface area contributed by atoms with E-state index >= 15 is 0 Å². The average molecular weight is 368 g/mol. The number of allylic oxidation sites excluding steroid dienone is 2. The molecule has 8 heteroatoms. The van der Waals surface area contributed by atoms with Gasteiger partial charge in [-0.3, -0.25) is 4.79 Å². The van der Waals surface area contributed by atoms with Crippen LogP contribution in [-0.2, 0) is 16.1 Å². The third-order valence-electron chi connectivity index (χ3n) is 4.98. The van der Waals surface area contributed by atoms with Crippen LogP contribution in [0.3, 0.4) is 0 Å². The molecule has 2 aromatic rings. The van der Waals surface area contributed by atoms with Crippen LogP contribution in [0.15, 0.2) is 36.4 Å². The van der Waals surface area contributed by atoms with Crippen LogP contribution in [0.2, 0.25) is 0 Å². The minimum absolute atomic E-state index is 0.00563. The smallest absolute Gasteiger partial charge is 0.248 e. The first-order chi connectivity index (χ1) is 13.1. The molecule has 0 saturated carbocycles. The van der Waals surface area contributed by atoms with Gasteiger partial charge in [0.1, 0.15) is 24.4 Å². The normalized spacial score (nSPS) is 22.1. The number of amides is 1. The molecule has 0 fully saturated rings. The van der Waals surface area contributed by atoms with Crippen molar-refractivity contribution in [2.45, 2.75) is 19.1 Å². The number of aromatic amines is 1. The number of carbonyl (C=O) groups excluding carboxylic acids is 1. The highest BCUT2D eigenvalue weighted by Gasteiger charge is 2.19. The molecule has 2 aromatic heterocycles. The van der Waals surface area contributed by atoms with Crippen LogP contribution in [0.25, 0.3) is 11.0 Å². The maximum Gasteiger partial charge on any atom is 0.248 e. The molecule has 2 N–H and O–H groups in total. The summed E-state index contributed by atoms with van der Waals surface area (Å²) in [5, 5.41) is 4.43. The highest BCUT2D eigenvalue weighted by Crippen LogP contribution is 2.27. The highest BCUT2D eigenvalue weighted by molar-refractivity contribution is 5.91. The van der Waals surface area contributed by atoms with Crippen LogP contribution in [0.4, 0.5) is 5.82 Å². The van der Waals surface area contributed by atoms with Crippen LogP contribution in [0.5, 0.6) is 0 Å². The molecule has 0 aromatic carbocycles. The van der Waals surface area contributed by atoms with E-state index in [0.717, 1.165) is 41.2 Å².